The van der Waals surface area contributed by atoms with Gasteiger partial charge in [0.15, 0.2) is 6.29 Å². The van der Waals surface area contributed by atoms with Gasteiger partial charge in [-0.25, -0.2) is 4.18 Å². The number of aryl methyl sites for hydroxylation is 3. The third-order valence-corrected chi connectivity index (χ3v) is 6.59. The van der Waals surface area contributed by atoms with Crippen LogP contribution in [0, 0.1) is 13.8 Å². The molecule has 0 aliphatic rings. The lowest BCUT2D eigenvalue weighted by atomic mass is 10.1. The Labute approximate surface area is 194 Å². The number of ether oxygens (including phenoxy) is 2. The van der Waals surface area contributed by atoms with E-state index in [0.29, 0.717) is 26.1 Å². The molecule has 2 aromatic heterocycles. The molecule has 0 spiro atoms. The minimum Gasteiger partial charge on any atom is -0.492 e. The van der Waals surface area contributed by atoms with Crippen LogP contribution in [-0.4, -0.2) is 38.7 Å². The molecule has 0 saturated carbocycles. The fraction of sp³-hybridized carbons (Fsp3) is 0.417. The summed E-state index contributed by atoms with van der Waals surface area (Å²) in [7, 11) is -3.55. The highest BCUT2D eigenvalue weighted by molar-refractivity contribution is 7.86. The molecular formula is C24H31NO5S2. The number of rotatable bonds is 12. The fourth-order valence-corrected chi connectivity index (χ4v) is 4.93. The molecule has 32 heavy (non-hydrogen) atoms. The minimum absolute atomic E-state index is 0.391. The van der Waals surface area contributed by atoms with Gasteiger partial charge in [-0.1, -0.05) is 12.1 Å². The Morgan fingerprint density at radius 1 is 1.03 bits per heavy atom. The topological polar surface area (TPSA) is 66.8 Å². The van der Waals surface area contributed by atoms with E-state index in [4.69, 9.17) is 13.7 Å². The first-order valence-electron chi connectivity index (χ1n) is 10.7. The van der Waals surface area contributed by atoms with Gasteiger partial charge in [-0.3, -0.25) is 0 Å². The van der Waals surface area contributed by atoms with Gasteiger partial charge in [0, 0.05) is 23.6 Å². The summed E-state index contributed by atoms with van der Waals surface area (Å²) in [6, 6.07) is 16.5. The maximum Gasteiger partial charge on any atom is 0.266 e. The molecule has 3 aromatic rings. The van der Waals surface area contributed by atoms with Crippen LogP contribution in [0.2, 0.25) is 0 Å². The van der Waals surface area contributed by atoms with Crippen LogP contribution in [0.3, 0.4) is 0 Å². The second-order valence-corrected chi connectivity index (χ2v) is 10.5. The Balaban J connectivity index is 1.52. The summed E-state index contributed by atoms with van der Waals surface area (Å²) < 4.78 is 41.3. The monoisotopic (exact) mass is 477 g/mol. The fourth-order valence-electron chi connectivity index (χ4n) is 3.49. The number of nitrogens with zero attached hydrogens (tertiary/aromatic N) is 1. The zero-order valence-electron chi connectivity index (χ0n) is 19.0. The smallest absolute Gasteiger partial charge is 0.266 e. The van der Waals surface area contributed by atoms with Crippen molar-refractivity contribution in [1.82, 2.24) is 4.57 Å². The van der Waals surface area contributed by atoms with Crippen LogP contribution < -0.4 is 4.74 Å². The van der Waals surface area contributed by atoms with E-state index in [1.807, 2.05) is 31.2 Å². The van der Waals surface area contributed by atoms with Gasteiger partial charge in [0.05, 0.1) is 23.4 Å². The quantitative estimate of drug-likeness (QED) is 0.265. The molecule has 6 nitrogen and oxygen atoms in total. The lowest BCUT2D eigenvalue weighted by Gasteiger charge is -2.16. The third-order valence-electron chi connectivity index (χ3n) is 5.00. The van der Waals surface area contributed by atoms with Crippen molar-refractivity contribution in [3.63, 3.8) is 0 Å². The molecule has 3 rings (SSSR count). The molecule has 8 heteroatoms. The molecule has 1 atom stereocenters. The second-order valence-electron chi connectivity index (χ2n) is 7.64. The standard InChI is InChI=1S/C24H31NO5S2/c1-5-28-24(30-32(4,26)27)15-10-20-8-11-21(12-9-20)29-17-16-25-18(2)6-13-22(25)23-14-7-19(3)31-23/h6-9,11-14,24H,5,10,15-17H2,1-4H3. The Morgan fingerprint density at radius 2 is 1.78 bits per heavy atom. The van der Waals surface area contributed by atoms with Crippen LogP contribution in [0.25, 0.3) is 10.6 Å². The SMILES string of the molecule is CCOC(CCc1ccc(OCCn2c(C)ccc2-c2ccc(C)s2)cc1)OS(C)(=O)=O. The highest BCUT2D eigenvalue weighted by atomic mass is 32.2. The van der Waals surface area contributed by atoms with E-state index >= 15 is 0 Å². The van der Waals surface area contributed by atoms with Crippen molar-refractivity contribution in [1.29, 1.82) is 0 Å². The molecule has 0 amide bonds. The first-order chi connectivity index (χ1) is 15.2. The molecule has 0 N–H and O–H groups in total. The molecular weight excluding hydrogens is 446 g/mol. The lowest BCUT2D eigenvalue weighted by Crippen LogP contribution is -2.21. The van der Waals surface area contributed by atoms with Crippen LogP contribution in [0.1, 0.15) is 29.5 Å². The molecule has 174 valence electrons. The predicted octanol–water partition coefficient (Wildman–Crippen LogP) is 5.18. The highest BCUT2D eigenvalue weighted by Gasteiger charge is 2.15. The maximum absolute atomic E-state index is 11.4. The zero-order valence-corrected chi connectivity index (χ0v) is 20.7. The van der Waals surface area contributed by atoms with Gasteiger partial charge in [0.1, 0.15) is 12.4 Å². The largest absolute Gasteiger partial charge is 0.492 e. The molecule has 0 saturated heterocycles. The Bertz CT molecular complexity index is 1100. The number of hydrogen-bond acceptors (Lipinski definition) is 6. The van der Waals surface area contributed by atoms with Crippen molar-refractivity contribution >= 4 is 21.5 Å². The molecule has 0 fully saturated rings. The summed E-state index contributed by atoms with van der Waals surface area (Å²) in [4.78, 5) is 2.57. The van der Waals surface area contributed by atoms with Crippen LogP contribution in [0.4, 0.5) is 0 Å². The molecule has 1 aromatic carbocycles. The van der Waals surface area contributed by atoms with Crippen molar-refractivity contribution in [2.24, 2.45) is 0 Å². The summed E-state index contributed by atoms with van der Waals surface area (Å²) in [6.45, 7) is 7.77. The van der Waals surface area contributed by atoms with E-state index in [9.17, 15) is 8.42 Å². The summed E-state index contributed by atoms with van der Waals surface area (Å²) in [5.41, 5.74) is 3.50. The molecule has 1 unspecified atom stereocenters. The Kier molecular flexibility index (Phi) is 8.53. The number of thiophene rings is 1. The first-order valence-corrected chi connectivity index (χ1v) is 13.3. The van der Waals surface area contributed by atoms with E-state index in [1.54, 1.807) is 11.3 Å². The summed E-state index contributed by atoms with van der Waals surface area (Å²) >= 11 is 1.80. The van der Waals surface area contributed by atoms with E-state index in [0.717, 1.165) is 24.1 Å². The highest BCUT2D eigenvalue weighted by Crippen LogP contribution is 2.29. The minimum atomic E-state index is -3.55. The zero-order chi connectivity index (χ0) is 23.1. The van der Waals surface area contributed by atoms with Crippen LogP contribution >= 0.6 is 11.3 Å². The van der Waals surface area contributed by atoms with Gasteiger partial charge < -0.3 is 14.0 Å². The van der Waals surface area contributed by atoms with Crippen molar-refractivity contribution in [2.75, 3.05) is 19.5 Å². The van der Waals surface area contributed by atoms with Gasteiger partial charge in [0.2, 0.25) is 0 Å². The van der Waals surface area contributed by atoms with Crippen LogP contribution in [0.5, 0.6) is 5.75 Å². The predicted molar refractivity (Wildman–Crippen MR) is 129 cm³/mol. The normalized spacial score (nSPS) is 12.8. The van der Waals surface area contributed by atoms with Gasteiger partial charge in [-0.2, -0.15) is 8.42 Å². The van der Waals surface area contributed by atoms with Crippen LogP contribution in [-0.2, 0) is 32.0 Å². The maximum atomic E-state index is 11.4. The van der Waals surface area contributed by atoms with Gasteiger partial charge in [-0.05, 0) is 69.2 Å². The lowest BCUT2D eigenvalue weighted by molar-refractivity contribution is -0.0749. The number of benzene rings is 1. The number of aromatic nitrogens is 1. The van der Waals surface area contributed by atoms with Crippen LogP contribution in [0.15, 0.2) is 48.5 Å². The van der Waals surface area contributed by atoms with Gasteiger partial charge in [0.25, 0.3) is 10.1 Å². The van der Waals surface area contributed by atoms with Crippen molar-refractivity contribution in [2.45, 2.75) is 46.4 Å². The van der Waals surface area contributed by atoms with Gasteiger partial charge in [-0.15, -0.1) is 11.3 Å². The molecule has 0 bridgehead atoms. The van der Waals surface area contributed by atoms with E-state index in [-0.39, 0.29) is 0 Å². The summed E-state index contributed by atoms with van der Waals surface area (Å²) in [5.74, 6) is 0.806. The molecule has 0 aliphatic carbocycles. The van der Waals surface area contributed by atoms with Crippen molar-refractivity contribution in [3.8, 4) is 16.3 Å². The Hall–Kier alpha value is -2.13. The first kappa shape index (κ1) is 24.5. The molecule has 0 aliphatic heterocycles. The van der Waals surface area contributed by atoms with Gasteiger partial charge >= 0.3 is 0 Å². The van der Waals surface area contributed by atoms with E-state index in [1.165, 1.54) is 21.1 Å². The molecule has 2 heterocycles. The van der Waals surface area contributed by atoms with E-state index < -0.39 is 16.4 Å². The third kappa shape index (κ3) is 7.20. The second kappa shape index (κ2) is 11.1. The molecule has 0 radical (unpaired) electrons. The average Bonchev–Trinajstić information content (AvgIpc) is 3.32. The summed E-state index contributed by atoms with van der Waals surface area (Å²) in [5, 5.41) is 0. The van der Waals surface area contributed by atoms with Crippen molar-refractivity contribution in [3.05, 3.63) is 64.7 Å². The van der Waals surface area contributed by atoms with E-state index in [2.05, 4.69) is 42.7 Å². The number of hydrogen-bond donors (Lipinski definition) is 0. The summed E-state index contributed by atoms with van der Waals surface area (Å²) in [6.07, 6.45) is 1.37. The Morgan fingerprint density at radius 3 is 2.41 bits per heavy atom. The average molecular weight is 478 g/mol. The van der Waals surface area contributed by atoms with Crippen molar-refractivity contribution < 1.29 is 22.1 Å².